The van der Waals surface area contributed by atoms with Crippen LogP contribution in [0.4, 0.5) is 11.6 Å². The minimum absolute atomic E-state index is 0.201. The molecule has 0 atom stereocenters. The molecule has 0 aliphatic rings. The molecule has 0 aliphatic carbocycles. The molecule has 0 bridgehead atoms. The van der Waals surface area contributed by atoms with Crippen LogP contribution in [-0.2, 0) is 9.53 Å². The molecule has 118 valence electrons. The van der Waals surface area contributed by atoms with Crippen molar-refractivity contribution >= 4 is 17.6 Å². The van der Waals surface area contributed by atoms with E-state index < -0.39 is 0 Å². The normalized spacial score (nSPS) is 10.6. The van der Waals surface area contributed by atoms with Gasteiger partial charge in [0.2, 0.25) is 0 Å². The molecule has 0 saturated carbocycles. The highest BCUT2D eigenvalue weighted by molar-refractivity contribution is 5.70. The fraction of sp³-hybridized carbons (Fsp3) is 0.667. The largest absolute Gasteiger partial charge is 0.466 e. The molecular formula is C15H26N4O2. The Morgan fingerprint density at radius 2 is 1.81 bits per heavy atom. The number of nitrogens with one attached hydrogen (secondary N) is 2. The maximum absolute atomic E-state index is 11.4. The summed E-state index contributed by atoms with van der Waals surface area (Å²) in [7, 11) is 0. The van der Waals surface area contributed by atoms with Crippen molar-refractivity contribution in [1.29, 1.82) is 0 Å². The number of nitrogens with zero attached hydrogens (tertiary/aromatic N) is 2. The summed E-state index contributed by atoms with van der Waals surface area (Å²) in [6, 6.07) is 0. The summed E-state index contributed by atoms with van der Waals surface area (Å²) in [6.45, 7) is 11.6. The molecule has 0 aliphatic heterocycles. The maximum atomic E-state index is 11.4. The Morgan fingerprint density at radius 1 is 1.19 bits per heavy atom. The van der Waals surface area contributed by atoms with Crippen molar-refractivity contribution in [2.75, 3.05) is 30.3 Å². The predicted molar refractivity (Wildman–Crippen MR) is 84.8 cm³/mol. The summed E-state index contributed by atoms with van der Waals surface area (Å²) in [4.78, 5) is 20.4. The third-order valence-corrected chi connectivity index (χ3v) is 2.95. The van der Waals surface area contributed by atoms with Crippen molar-refractivity contribution in [3.05, 3.63) is 11.4 Å². The minimum Gasteiger partial charge on any atom is -0.466 e. The summed E-state index contributed by atoms with van der Waals surface area (Å²) in [5, 5.41) is 6.45. The highest BCUT2D eigenvalue weighted by Gasteiger charge is 2.13. The lowest BCUT2D eigenvalue weighted by Crippen LogP contribution is -2.15. The highest BCUT2D eigenvalue weighted by atomic mass is 16.5. The van der Waals surface area contributed by atoms with Gasteiger partial charge in [0.15, 0.2) is 0 Å². The minimum atomic E-state index is -0.201. The van der Waals surface area contributed by atoms with E-state index in [4.69, 9.17) is 4.74 Å². The Bertz CT molecular complexity index is 475. The molecule has 2 N–H and O–H groups in total. The zero-order valence-corrected chi connectivity index (χ0v) is 13.6. The molecule has 0 spiro atoms. The van der Waals surface area contributed by atoms with Gasteiger partial charge in [-0.2, -0.15) is 0 Å². The number of esters is 1. The molecule has 6 nitrogen and oxygen atoms in total. The predicted octanol–water partition coefficient (Wildman–Crippen LogP) is 2.71. The lowest BCUT2D eigenvalue weighted by Gasteiger charge is -2.15. The van der Waals surface area contributed by atoms with Gasteiger partial charge in [-0.25, -0.2) is 9.97 Å². The Morgan fingerprint density at radius 3 is 2.33 bits per heavy atom. The van der Waals surface area contributed by atoms with Gasteiger partial charge in [-0.05, 0) is 20.8 Å². The summed E-state index contributed by atoms with van der Waals surface area (Å²) < 4.78 is 4.91. The van der Waals surface area contributed by atoms with Gasteiger partial charge >= 0.3 is 5.97 Å². The van der Waals surface area contributed by atoms with Gasteiger partial charge < -0.3 is 15.4 Å². The number of carbonyl (C=O) groups excluding carboxylic acids is 1. The molecule has 1 rings (SSSR count). The van der Waals surface area contributed by atoms with E-state index in [1.54, 1.807) is 6.92 Å². The molecule has 0 aromatic carbocycles. The Kier molecular flexibility index (Phi) is 6.91. The standard InChI is InChI=1S/C15H26N4O2/c1-6-16-14-11(5)15(19-13(18-14)10(3)4)17-9-8-12(20)21-7-2/h10H,6-9H2,1-5H3,(H2,16,17,18,19). The molecule has 0 unspecified atom stereocenters. The summed E-state index contributed by atoms with van der Waals surface area (Å²) in [5.41, 5.74) is 0.963. The average molecular weight is 294 g/mol. The maximum Gasteiger partial charge on any atom is 0.307 e. The van der Waals surface area contributed by atoms with Crippen LogP contribution in [0.2, 0.25) is 0 Å². The van der Waals surface area contributed by atoms with E-state index in [0.29, 0.717) is 19.6 Å². The van der Waals surface area contributed by atoms with Crippen LogP contribution in [0.15, 0.2) is 0 Å². The van der Waals surface area contributed by atoms with E-state index in [-0.39, 0.29) is 11.9 Å². The van der Waals surface area contributed by atoms with Gasteiger partial charge in [-0.15, -0.1) is 0 Å². The lowest BCUT2D eigenvalue weighted by atomic mass is 10.2. The van der Waals surface area contributed by atoms with E-state index >= 15 is 0 Å². The van der Waals surface area contributed by atoms with E-state index in [1.165, 1.54) is 0 Å². The van der Waals surface area contributed by atoms with Crippen LogP contribution in [-0.4, -0.2) is 35.6 Å². The Hall–Kier alpha value is -1.85. The molecule has 21 heavy (non-hydrogen) atoms. The highest BCUT2D eigenvalue weighted by Crippen LogP contribution is 2.23. The second kappa shape index (κ2) is 8.44. The zero-order valence-electron chi connectivity index (χ0n) is 13.6. The molecule has 1 aromatic rings. The summed E-state index contributed by atoms with van der Waals surface area (Å²) in [5.74, 6) is 2.44. The first kappa shape index (κ1) is 17.2. The van der Waals surface area contributed by atoms with Gasteiger partial charge in [-0.3, -0.25) is 4.79 Å². The number of rotatable bonds is 8. The average Bonchev–Trinajstić information content (AvgIpc) is 2.43. The number of anilines is 2. The van der Waals surface area contributed by atoms with Crippen LogP contribution >= 0.6 is 0 Å². The van der Waals surface area contributed by atoms with Crippen molar-refractivity contribution < 1.29 is 9.53 Å². The molecule has 1 aromatic heterocycles. The van der Waals surface area contributed by atoms with Crippen LogP contribution in [0.1, 0.15) is 51.4 Å². The lowest BCUT2D eigenvalue weighted by molar-refractivity contribution is -0.142. The molecule has 0 fully saturated rings. The van der Waals surface area contributed by atoms with E-state index in [1.807, 2.05) is 13.8 Å². The fourth-order valence-electron chi connectivity index (χ4n) is 1.82. The first-order valence-corrected chi connectivity index (χ1v) is 7.51. The van der Waals surface area contributed by atoms with Crippen molar-refractivity contribution in [2.24, 2.45) is 0 Å². The van der Waals surface area contributed by atoms with Crippen molar-refractivity contribution in [1.82, 2.24) is 9.97 Å². The first-order valence-electron chi connectivity index (χ1n) is 7.51. The third kappa shape index (κ3) is 5.21. The fourth-order valence-corrected chi connectivity index (χ4v) is 1.82. The van der Waals surface area contributed by atoms with Crippen LogP contribution in [0.5, 0.6) is 0 Å². The Labute approximate surface area is 126 Å². The van der Waals surface area contributed by atoms with Crippen molar-refractivity contribution in [2.45, 2.75) is 47.0 Å². The third-order valence-electron chi connectivity index (χ3n) is 2.95. The first-order chi connectivity index (χ1) is 9.99. The van der Waals surface area contributed by atoms with E-state index in [2.05, 4.69) is 34.4 Å². The SMILES string of the molecule is CCNc1nc(C(C)C)nc(NCCC(=O)OCC)c1C. The van der Waals surface area contributed by atoms with Gasteiger partial charge in [0.05, 0.1) is 13.0 Å². The molecule has 6 heteroatoms. The second-order valence-electron chi connectivity index (χ2n) is 5.07. The number of carbonyl (C=O) groups is 1. The van der Waals surface area contributed by atoms with E-state index in [0.717, 1.165) is 29.6 Å². The molecule has 0 saturated heterocycles. The van der Waals surface area contributed by atoms with Gasteiger partial charge in [0.25, 0.3) is 0 Å². The number of hydrogen-bond acceptors (Lipinski definition) is 6. The van der Waals surface area contributed by atoms with Gasteiger partial charge in [0.1, 0.15) is 17.5 Å². The second-order valence-corrected chi connectivity index (χ2v) is 5.07. The molecule has 0 amide bonds. The number of aromatic nitrogens is 2. The molecular weight excluding hydrogens is 268 g/mol. The van der Waals surface area contributed by atoms with Crippen molar-refractivity contribution in [3.8, 4) is 0 Å². The number of hydrogen-bond donors (Lipinski definition) is 2. The van der Waals surface area contributed by atoms with Crippen LogP contribution in [0, 0.1) is 6.92 Å². The van der Waals surface area contributed by atoms with Crippen LogP contribution < -0.4 is 10.6 Å². The molecule has 1 heterocycles. The van der Waals surface area contributed by atoms with E-state index in [9.17, 15) is 4.79 Å². The van der Waals surface area contributed by atoms with Gasteiger partial charge in [0, 0.05) is 24.6 Å². The molecule has 0 radical (unpaired) electrons. The quantitative estimate of drug-likeness (QED) is 0.718. The Balaban J connectivity index is 2.82. The van der Waals surface area contributed by atoms with Crippen molar-refractivity contribution in [3.63, 3.8) is 0 Å². The van der Waals surface area contributed by atoms with Crippen LogP contribution in [0.25, 0.3) is 0 Å². The monoisotopic (exact) mass is 294 g/mol. The number of ether oxygens (including phenoxy) is 1. The smallest absolute Gasteiger partial charge is 0.307 e. The summed E-state index contributed by atoms with van der Waals surface area (Å²) in [6.07, 6.45) is 0.324. The van der Waals surface area contributed by atoms with Gasteiger partial charge in [-0.1, -0.05) is 13.8 Å². The zero-order chi connectivity index (χ0) is 15.8. The summed E-state index contributed by atoms with van der Waals surface area (Å²) >= 11 is 0. The topological polar surface area (TPSA) is 76.1 Å². The van der Waals surface area contributed by atoms with Crippen LogP contribution in [0.3, 0.4) is 0 Å².